The van der Waals surface area contributed by atoms with Crippen LogP contribution in [-0.4, -0.2) is 40.1 Å². The van der Waals surface area contributed by atoms with Gasteiger partial charge in [-0.15, -0.1) is 0 Å². The second-order valence-corrected chi connectivity index (χ2v) is 6.84. The highest BCUT2D eigenvalue weighted by atomic mass is 16.2. The minimum Gasteiger partial charge on any atom is -0.381 e. The minimum atomic E-state index is 0.0916. The quantitative estimate of drug-likeness (QED) is 0.912. The first kappa shape index (κ1) is 15.2. The van der Waals surface area contributed by atoms with Crippen molar-refractivity contribution in [3.05, 3.63) is 47.3 Å². The van der Waals surface area contributed by atoms with Crippen molar-refractivity contribution in [2.24, 2.45) is 0 Å². The Morgan fingerprint density at radius 1 is 1.17 bits per heavy atom. The molecule has 0 bridgehead atoms. The summed E-state index contributed by atoms with van der Waals surface area (Å²) >= 11 is 0. The van der Waals surface area contributed by atoms with E-state index >= 15 is 0 Å². The molecule has 5 heteroatoms. The molecule has 1 aliphatic carbocycles. The van der Waals surface area contributed by atoms with Gasteiger partial charge in [0.25, 0.3) is 5.91 Å². The normalized spacial score (nSPS) is 20.5. The zero-order valence-electron chi connectivity index (χ0n) is 13.9. The number of benzene rings is 1. The lowest BCUT2D eigenvalue weighted by atomic mass is 9.95. The van der Waals surface area contributed by atoms with Crippen molar-refractivity contribution in [2.75, 3.05) is 18.4 Å². The number of piperidine rings is 1. The molecule has 24 heavy (non-hydrogen) atoms. The summed E-state index contributed by atoms with van der Waals surface area (Å²) in [5.74, 6) is 0.0916. The molecule has 0 spiro atoms. The summed E-state index contributed by atoms with van der Waals surface area (Å²) < 4.78 is 0. The van der Waals surface area contributed by atoms with Crippen molar-refractivity contribution in [1.29, 1.82) is 0 Å². The summed E-state index contributed by atoms with van der Waals surface area (Å²) in [6, 6.07) is 10.5. The summed E-state index contributed by atoms with van der Waals surface area (Å²) in [5.41, 5.74) is 4.10. The second kappa shape index (κ2) is 6.67. The number of aryl methyl sites for hydroxylation is 1. The number of carbonyl (C=O) groups excluding carboxylic acids is 1. The van der Waals surface area contributed by atoms with E-state index in [9.17, 15) is 4.79 Å². The average Bonchev–Trinajstić information content (AvgIpc) is 3.06. The van der Waals surface area contributed by atoms with Crippen LogP contribution in [0.15, 0.2) is 30.3 Å². The SMILES string of the molecule is O=C(c1n[nH]c2c1CCCC2)N1CCCC(Nc2ccccc2)C1. The fourth-order valence-corrected chi connectivity index (χ4v) is 3.86. The molecule has 1 fully saturated rings. The number of aromatic amines is 1. The largest absolute Gasteiger partial charge is 0.381 e. The highest BCUT2D eigenvalue weighted by Crippen LogP contribution is 2.24. The monoisotopic (exact) mass is 324 g/mol. The van der Waals surface area contributed by atoms with E-state index in [1.54, 1.807) is 0 Å². The molecule has 2 aromatic rings. The van der Waals surface area contributed by atoms with E-state index < -0.39 is 0 Å². The molecule has 126 valence electrons. The minimum absolute atomic E-state index is 0.0916. The van der Waals surface area contributed by atoms with E-state index in [-0.39, 0.29) is 5.91 Å². The Bertz CT molecular complexity index is 709. The van der Waals surface area contributed by atoms with Gasteiger partial charge in [0, 0.05) is 36.1 Å². The highest BCUT2D eigenvalue weighted by molar-refractivity contribution is 5.94. The summed E-state index contributed by atoms with van der Waals surface area (Å²) in [7, 11) is 0. The average molecular weight is 324 g/mol. The molecule has 1 atom stereocenters. The van der Waals surface area contributed by atoms with Crippen LogP contribution in [0, 0.1) is 0 Å². The summed E-state index contributed by atoms with van der Waals surface area (Å²) in [6.07, 6.45) is 6.47. The van der Waals surface area contributed by atoms with Crippen molar-refractivity contribution in [1.82, 2.24) is 15.1 Å². The van der Waals surface area contributed by atoms with Crippen LogP contribution in [0.5, 0.6) is 0 Å². The maximum Gasteiger partial charge on any atom is 0.274 e. The Balaban J connectivity index is 1.46. The molecular formula is C19H24N4O. The van der Waals surface area contributed by atoms with Gasteiger partial charge in [-0.25, -0.2) is 0 Å². The Morgan fingerprint density at radius 2 is 2.00 bits per heavy atom. The van der Waals surface area contributed by atoms with Crippen molar-refractivity contribution >= 4 is 11.6 Å². The van der Waals surface area contributed by atoms with Gasteiger partial charge in [-0.05, 0) is 50.7 Å². The molecule has 2 N–H and O–H groups in total. The van der Waals surface area contributed by atoms with E-state index in [0.717, 1.165) is 56.4 Å². The van der Waals surface area contributed by atoms with Crippen LogP contribution in [0.1, 0.15) is 47.4 Å². The molecule has 1 amide bonds. The van der Waals surface area contributed by atoms with Gasteiger partial charge in [0.05, 0.1) is 0 Å². The fraction of sp³-hybridized carbons (Fsp3) is 0.474. The van der Waals surface area contributed by atoms with E-state index in [0.29, 0.717) is 11.7 Å². The van der Waals surface area contributed by atoms with Gasteiger partial charge in [-0.2, -0.15) is 5.10 Å². The van der Waals surface area contributed by atoms with Gasteiger partial charge in [0.15, 0.2) is 5.69 Å². The smallest absolute Gasteiger partial charge is 0.274 e. The number of amides is 1. The number of anilines is 1. The Hall–Kier alpha value is -2.30. The third kappa shape index (κ3) is 3.03. The molecule has 4 rings (SSSR count). The zero-order chi connectivity index (χ0) is 16.4. The Kier molecular flexibility index (Phi) is 4.24. The lowest BCUT2D eigenvalue weighted by Gasteiger charge is -2.33. The van der Waals surface area contributed by atoms with Crippen molar-refractivity contribution in [3.8, 4) is 0 Å². The van der Waals surface area contributed by atoms with Crippen molar-refractivity contribution in [3.63, 3.8) is 0 Å². The topological polar surface area (TPSA) is 61.0 Å². The van der Waals surface area contributed by atoms with E-state index in [1.807, 2.05) is 23.1 Å². The zero-order valence-corrected chi connectivity index (χ0v) is 13.9. The number of carbonyl (C=O) groups is 1. The third-order valence-corrected chi connectivity index (χ3v) is 5.11. The van der Waals surface area contributed by atoms with Gasteiger partial charge in [-0.3, -0.25) is 9.89 Å². The summed E-state index contributed by atoms with van der Waals surface area (Å²) in [4.78, 5) is 14.9. The number of aromatic nitrogens is 2. The first-order chi connectivity index (χ1) is 11.8. The second-order valence-electron chi connectivity index (χ2n) is 6.84. The van der Waals surface area contributed by atoms with Crippen LogP contribution < -0.4 is 5.32 Å². The number of nitrogens with one attached hydrogen (secondary N) is 2. The molecule has 1 aromatic carbocycles. The van der Waals surface area contributed by atoms with Crippen LogP contribution in [0.25, 0.3) is 0 Å². The molecular weight excluding hydrogens is 300 g/mol. The number of likely N-dealkylation sites (tertiary alicyclic amines) is 1. The third-order valence-electron chi connectivity index (χ3n) is 5.11. The van der Waals surface area contributed by atoms with Crippen LogP contribution >= 0.6 is 0 Å². The van der Waals surface area contributed by atoms with E-state index in [2.05, 4.69) is 27.6 Å². The van der Waals surface area contributed by atoms with Crippen LogP contribution in [0.3, 0.4) is 0 Å². The number of para-hydroxylation sites is 1. The predicted octanol–water partition coefficient (Wildman–Crippen LogP) is 3.01. The molecule has 1 unspecified atom stereocenters. The molecule has 1 aromatic heterocycles. The number of hydrogen-bond donors (Lipinski definition) is 2. The van der Waals surface area contributed by atoms with E-state index in [1.165, 1.54) is 12.1 Å². The Morgan fingerprint density at radius 3 is 2.88 bits per heavy atom. The maximum atomic E-state index is 12.9. The van der Waals surface area contributed by atoms with Crippen molar-refractivity contribution < 1.29 is 4.79 Å². The molecule has 1 aliphatic heterocycles. The summed E-state index contributed by atoms with van der Waals surface area (Å²) in [5, 5.41) is 11.0. The number of rotatable bonds is 3. The van der Waals surface area contributed by atoms with Crippen molar-refractivity contribution in [2.45, 2.75) is 44.6 Å². The fourth-order valence-electron chi connectivity index (χ4n) is 3.86. The lowest BCUT2D eigenvalue weighted by Crippen LogP contribution is -2.45. The van der Waals surface area contributed by atoms with Gasteiger partial charge >= 0.3 is 0 Å². The molecule has 2 heterocycles. The van der Waals surface area contributed by atoms with Crippen LogP contribution in [0.4, 0.5) is 5.69 Å². The van der Waals surface area contributed by atoms with E-state index in [4.69, 9.17) is 0 Å². The van der Waals surface area contributed by atoms with Gasteiger partial charge < -0.3 is 10.2 Å². The molecule has 0 radical (unpaired) electrons. The highest BCUT2D eigenvalue weighted by Gasteiger charge is 2.29. The Labute approximate surface area is 142 Å². The van der Waals surface area contributed by atoms with Gasteiger partial charge in [0.2, 0.25) is 0 Å². The van der Waals surface area contributed by atoms with Gasteiger partial charge in [-0.1, -0.05) is 18.2 Å². The predicted molar refractivity (Wildman–Crippen MR) is 94.2 cm³/mol. The number of hydrogen-bond acceptors (Lipinski definition) is 3. The number of H-pyrrole nitrogens is 1. The van der Waals surface area contributed by atoms with Crippen LogP contribution in [-0.2, 0) is 12.8 Å². The molecule has 1 saturated heterocycles. The first-order valence-corrected chi connectivity index (χ1v) is 8.98. The number of nitrogens with zero attached hydrogens (tertiary/aromatic N) is 2. The van der Waals surface area contributed by atoms with Crippen LogP contribution in [0.2, 0.25) is 0 Å². The first-order valence-electron chi connectivity index (χ1n) is 8.98. The molecule has 5 nitrogen and oxygen atoms in total. The molecule has 2 aliphatic rings. The maximum absolute atomic E-state index is 12.9. The van der Waals surface area contributed by atoms with Gasteiger partial charge in [0.1, 0.15) is 0 Å². The summed E-state index contributed by atoms with van der Waals surface area (Å²) in [6.45, 7) is 1.57. The molecule has 0 saturated carbocycles. The number of fused-ring (bicyclic) bond motifs is 1. The standard InChI is InChI=1S/C19H24N4O/c24-19(18-16-10-4-5-11-17(16)21-22-18)23-12-6-9-15(13-23)20-14-7-2-1-3-8-14/h1-3,7-8,15,20H,4-6,9-13H2,(H,21,22). The lowest BCUT2D eigenvalue weighted by molar-refractivity contribution is 0.0707.